The van der Waals surface area contributed by atoms with E-state index in [1.807, 2.05) is 114 Å². The summed E-state index contributed by atoms with van der Waals surface area (Å²) in [4.78, 5) is 14.9. The zero-order valence-electron chi connectivity index (χ0n) is 33.4. The number of fused-ring (bicyclic) bond motifs is 9. The van der Waals surface area contributed by atoms with Gasteiger partial charge in [-0.3, -0.25) is 0 Å². The van der Waals surface area contributed by atoms with Gasteiger partial charge in [-0.1, -0.05) is 137 Å². The van der Waals surface area contributed by atoms with Gasteiger partial charge in [0, 0.05) is 66.1 Å². The number of benzene rings is 8. The van der Waals surface area contributed by atoms with E-state index in [0.717, 1.165) is 54.9 Å². The van der Waals surface area contributed by atoms with Crippen LogP contribution in [0.15, 0.2) is 154 Å². The molecule has 0 amide bonds. The van der Waals surface area contributed by atoms with Gasteiger partial charge < -0.3 is 13.4 Å². The summed E-state index contributed by atoms with van der Waals surface area (Å²) in [6.07, 6.45) is 0. The highest BCUT2D eigenvalue weighted by atomic mass is 16.3. The first-order valence-electron chi connectivity index (χ1n) is 20.3. The minimum absolute atomic E-state index is 0.314. The molecule has 4 aromatic heterocycles. The van der Waals surface area contributed by atoms with Gasteiger partial charge in [0.25, 0.3) is 0 Å². The molecule has 63 heavy (non-hydrogen) atoms. The van der Waals surface area contributed by atoms with Crippen LogP contribution in [0.25, 0.3) is 117 Å². The maximum Gasteiger partial charge on any atom is 0.164 e. The third-order valence-corrected chi connectivity index (χ3v) is 12.0. The van der Waals surface area contributed by atoms with Crippen molar-refractivity contribution in [3.63, 3.8) is 0 Å². The standard InChI is InChI=1S/C51H24B6N4O2/c52-35-23-37(54)45-41(43(35)56)42-44(57)36(53)24-38(55)46(42)61(45)28-21-33-30-19-18-27(51-59-49(25-10-3-1-4-11-25)58-50(60-51)26-12-5-2-6-13-26)20-40(30)63-48(33)34(22-28)32-16-9-15-31-29-14-7-8-17-39(29)62-47(31)32/h1-24H. The Morgan fingerprint density at radius 1 is 0.381 bits per heavy atom. The fourth-order valence-corrected chi connectivity index (χ4v) is 9.05. The normalized spacial score (nSPS) is 11.9. The lowest BCUT2D eigenvalue weighted by Crippen LogP contribution is -2.33. The lowest BCUT2D eigenvalue weighted by molar-refractivity contribution is 0.665. The summed E-state index contributed by atoms with van der Waals surface area (Å²) in [6, 6.07) is 47.3. The van der Waals surface area contributed by atoms with Crippen molar-refractivity contribution < 1.29 is 8.83 Å². The molecule has 0 saturated carbocycles. The molecule has 12 heteroatoms. The number of para-hydroxylation sites is 2. The van der Waals surface area contributed by atoms with Gasteiger partial charge >= 0.3 is 0 Å². The molecule has 0 aliphatic carbocycles. The molecule has 0 N–H and O–H groups in total. The molecular formula is C51H24B6N4O2. The van der Waals surface area contributed by atoms with Crippen molar-refractivity contribution >= 4 is 146 Å². The summed E-state index contributed by atoms with van der Waals surface area (Å²) in [6.45, 7) is 0. The van der Waals surface area contributed by atoms with Crippen LogP contribution in [0.1, 0.15) is 0 Å². The van der Waals surface area contributed by atoms with Crippen molar-refractivity contribution in [3.05, 3.63) is 146 Å². The molecule has 12 radical (unpaired) electrons. The summed E-state index contributed by atoms with van der Waals surface area (Å²) in [5.41, 5.74) is 10.7. The van der Waals surface area contributed by atoms with Crippen LogP contribution in [0.2, 0.25) is 0 Å². The molecule has 0 unspecified atom stereocenters. The highest BCUT2D eigenvalue weighted by molar-refractivity contribution is 6.62. The third-order valence-electron chi connectivity index (χ3n) is 12.0. The Bertz CT molecular complexity index is 3750. The van der Waals surface area contributed by atoms with Crippen LogP contribution in [-0.4, -0.2) is 66.6 Å². The Morgan fingerprint density at radius 3 is 1.54 bits per heavy atom. The molecular weight excluding hydrogens is 765 g/mol. The van der Waals surface area contributed by atoms with E-state index in [4.69, 9.17) is 70.9 Å². The Labute approximate surface area is 368 Å². The van der Waals surface area contributed by atoms with Crippen molar-refractivity contribution in [1.29, 1.82) is 0 Å². The predicted molar refractivity (Wildman–Crippen MR) is 263 cm³/mol. The molecule has 0 bridgehead atoms. The number of hydrogen-bond acceptors (Lipinski definition) is 5. The van der Waals surface area contributed by atoms with Gasteiger partial charge in [0.1, 0.15) is 69.4 Å². The fourth-order valence-electron chi connectivity index (χ4n) is 9.05. The maximum atomic E-state index is 6.97. The van der Waals surface area contributed by atoms with E-state index >= 15 is 0 Å². The van der Waals surface area contributed by atoms with Crippen LogP contribution in [0.4, 0.5) is 0 Å². The highest BCUT2D eigenvalue weighted by Gasteiger charge is 2.25. The molecule has 0 aliphatic heterocycles. The summed E-state index contributed by atoms with van der Waals surface area (Å²) in [7, 11) is 40.1. The van der Waals surface area contributed by atoms with Gasteiger partial charge in [-0.15, -0.1) is 10.9 Å². The minimum Gasteiger partial charge on any atom is -0.455 e. The molecule has 12 aromatic rings. The lowest BCUT2D eigenvalue weighted by atomic mass is 9.71. The Hall–Kier alpha value is -7.44. The molecule has 0 fully saturated rings. The first-order chi connectivity index (χ1) is 30.7. The minimum atomic E-state index is 0.314. The van der Waals surface area contributed by atoms with Crippen LogP contribution in [0.5, 0.6) is 0 Å². The van der Waals surface area contributed by atoms with Gasteiger partial charge in [-0.2, -0.15) is 0 Å². The molecule has 0 saturated heterocycles. The van der Waals surface area contributed by atoms with Crippen LogP contribution in [-0.2, 0) is 0 Å². The first kappa shape index (κ1) is 37.3. The summed E-state index contributed by atoms with van der Waals surface area (Å²) in [5, 5.41) is 4.76. The Kier molecular flexibility index (Phi) is 8.32. The van der Waals surface area contributed by atoms with Crippen LogP contribution >= 0.6 is 0 Å². The monoisotopic (exact) mass is 790 g/mol. The molecule has 6 nitrogen and oxygen atoms in total. The second-order valence-corrected chi connectivity index (χ2v) is 15.7. The van der Waals surface area contributed by atoms with Crippen molar-refractivity contribution in [2.24, 2.45) is 0 Å². The number of aromatic nitrogens is 4. The Balaban J connectivity index is 1.16. The SMILES string of the molecule is [B]c1cc([B])c2c(c1[B])c1c([B])c([B])cc([B])c1n2-c1cc(-c2cccc3c2oc2ccccc23)c2oc3cc(-c4nc(-c5ccccc5)nc(-c5ccccc5)n4)ccc3c2c1. The van der Waals surface area contributed by atoms with Gasteiger partial charge in [0.2, 0.25) is 0 Å². The van der Waals surface area contributed by atoms with Crippen molar-refractivity contribution in [2.75, 3.05) is 0 Å². The average molecular weight is 790 g/mol. The summed E-state index contributed by atoms with van der Waals surface area (Å²) >= 11 is 0. The summed E-state index contributed by atoms with van der Waals surface area (Å²) in [5.74, 6) is 1.62. The maximum absolute atomic E-state index is 6.97. The number of furan rings is 2. The molecule has 12 rings (SSSR count). The van der Waals surface area contributed by atoms with E-state index in [1.54, 1.807) is 12.1 Å². The zero-order chi connectivity index (χ0) is 42.7. The van der Waals surface area contributed by atoms with E-state index in [0.29, 0.717) is 94.5 Å². The second kappa shape index (κ2) is 14.0. The van der Waals surface area contributed by atoms with Crippen molar-refractivity contribution in [1.82, 2.24) is 19.5 Å². The quantitative estimate of drug-likeness (QED) is 0.195. The van der Waals surface area contributed by atoms with Crippen LogP contribution < -0.4 is 32.8 Å². The predicted octanol–water partition coefficient (Wildman–Crippen LogP) is 6.20. The van der Waals surface area contributed by atoms with Crippen LogP contribution in [0, 0.1) is 0 Å². The van der Waals surface area contributed by atoms with Crippen molar-refractivity contribution in [3.8, 4) is 51.0 Å². The van der Waals surface area contributed by atoms with E-state index in [2.05, 4.69) is 24.3 Å². The van der Waals surface area contributed by atoms with E-state index in [1.165, 1.54) is 0 Å². The second-order valence-electron chi connectivity index (χ2n) is 15.7. The number of hydrogen-bond donors (Lipinski definition) is 0. The van der Waals surface area contributed by atoms with E-state index < -0.39 is 0 Å². The molecule has 4 heterocycles. The Morgan fingerprint density at radius 2 is 0.905 bits per heavy atom. The lowest BCUT2D eigenvalue weighted by Gasteiger charge is -2.15. The molecule has 278 valence electrons. The fraction of sp³-hybridized carbons (Fsp3) is 0. The molecule has 8 aromatic carbocycles. The van der Waals surface area contributed by atoms with Crippen molar-refractivity contribution in [2.45, 2.75) is 0 Å². The van der Waals surface area contributed by atoms with E-state index in [9.17, 15) is 0 Å². The zero-order valence-corrected chi connectivity index (χ0v) is 33.4. The number of rotatable bonds is 5. The first-order valence-corrected chi connectivity index (χ1v) is 20.3. The van der Waals surface area contributed by atoms with Gasteiger partial charge in [-0.05, 0) is 41.1 Å². The largest absolute Gasteiger partial charge is 0.455 e. The molecule has 0 atom stereocenters. The van der Waals surface area contributed by atoms with Crippen LogP contribution in [0.3, 0.4) is 0 Å². The van der Waals surface area contributed by atoms with E-state index in [-0.39, 0.29) is 0 Å². The highest BCUT2D eigenvalue weighted by Crippen LogP contribution is 2.44. The summed E-state index contributed by atoms with van der Waals surface area (Å²) < 4.78 is 15.6. The smallest absolute Gasteiger partial charge is 0.164 e. The van der Waals surface area contributed by atoms with Gasteiger partial charge in [0.15, 0.2) is 17.5 Å². The molecule has 0 aliphatic rings. The van der Waals surface area contributed by atoms with Gasteiger partial charge in [-0.25, -0.2) is 15.0 Å². The molecule has 0 spiro atoms. The van der Waals surface area contributed by atoms with Gasteiger partial charge in [0.05, 0.1) is 0 Å². The third kappa shape index (κ3) is 5.70. The average Bonchev–Trinajstić information content (AvgIpc) is 4.01. The topological polar surface area (TPSA) is 69.9 Å². The number of nitrogens with zero attached hydrogens (tertiary/aromatic N) is 4.